The summed E-state index contributed by atoms with van der Waals surface area (Å²) in [5.41, 5.74) is 0.200. The van der Waals surface area contributed by atoms with Crippen LogP contribution < -0.4 is 5.32 Å². The first-order chi connectivity index (χ1) is 10.1. The topological polar surface area (TPSA) is 62.2 Å². The molecule has 1 saturated carbocycles. The van der Waals surface area contributed by atoms with Gasteiger partial charge in [-0.2, -0.15) is 0 Å². The predicted octanol–water partition coefficient (Wildman–Crippen LogP) is 2.92. The van der Waals surface area contributed by atoms with Gasteiger partial charge in [0.15, 0.2) is 0 Å². The number of fused-ring (bicyclic) bond motifs is 1. The summed E-state index contributed by atoms with van der Waals surface area (Å²) in [6.07, 6.45) is 3.48. The lowest BCUT2D eigenvalue weighted by Crippen LogP contribution is -2.41. The first-order valence-electron chi connectivity index (χ1n) is 7.13. The van der Waals surface area contributed by atoms with Gasteiger partial charge in [0, 0.05) is 11.9 Å². The fraction of sp³-hybridized carbons (Fsp3) is 0.375. The Balaban J connectivity index is 1.78. The molecule has 2 aromatic rings. The molecule has 1 heterocycles. The Hall–Kier alpha value is -1.65. The number of aliphatic hydroxyl groups is 1. The van der Waals surface area contributed by atoms with Crippen molar-refractivity contribution in [2.45, 2.75) is 31.3 Å². The van der Waals surface area contributed by atoms with Crippen LogP contribution in [0.1, 0.15) is 36.2 Å². The van der Waals surface area contributed by atoms with Crippen LogP contribution in [-0.4, -0.2) is 28.1 Å². The van der Waals surface area contributed by atoms with E-state index < -0.39 is 5.60 Å². The minimum Gasteiger partial charge on any atom is -0.388 e. The molecule has 0 bridgehead atoms. The van der Waals surface area contributed by atoms with Crippen LogP contribution in [0.3, 0.4) is 0 Å². The molecular weight excluding hydrogens is 288 g/mol. The number of carbonyl (C=O) groups is 1. The number of benzene rings is 1. The van der Waals surface area contributed by atoms with Crippen molar-refractivity contribution in [3.05, 3.63) is 41.0 Å². The van der Waals surface area contributed by atoms with E-state index in [1.54, 1.807) is 6.07 Å². The van der Waals surface area contributed by atoms with Crippen molar-refractivity contribution in [1.82, 2.24) is 10.3 Å². The van der Waals surface area contributed by atoms with Gasteiger partial charge >= 0.3 is 0 Å². The van der Waals surface area contributed by atoms with Gasteiger partial charge in [-0.25, -0.2) is 4.98 Å². The minimum atomic E-state index is -0.768. The molecule has 0 atom stereocenters. The van der Waals surface area contributed by atoms with Gasteiger partial charge < -0.3 is 10.4 Å². The Morgan fingerprint density at radius 2 is 2.05 bits per heavy atom. The molecule has 4 nitrogen and oxygen atoms in total. The lowest BCUT2D eigenvalue weighted by molar-refractivity contribution is 0.0448. The van der Waals surface area contributed by atoms with Crippen LogP contribution in [0.4, 0.5) is 0 Å². The van der Waals surface area contributed by atoms with E-state index in [0.29, 0.717) is 10.5 Å². The van der Waals surface area contributed by atoms with E-state index >= 15 is 0 Å². The zero-order valence-corrected chi connectivity index (χ0v) is 12.4. The summed E-state index contributed by atoms with van der Waals surface area (Å²) in [5, 5.41) is 14.3. The fourth-order valence-electron chi connectivity index (χ4n) is 2.79. The normalized spacial score (nSPS) is 17.0. The summed E-state index contributed by atoms with van der Waals surface area (Å²) in [4.78, 5) is 16.5. The summed E-state index contributed by atoms with van der Waals surface area (Å²) in [5.74, 6) is -0.303. The molecule has 1 fully saturated rings. The molecule has 1 aromatic heterocycles. The number of rotatable bonds is 3. The highest BCUT2D eigenvalue weighted by atomic mass is 35.5. The maximum atomic E-state index is 12.2. The average molecular weight is 305 g/mol. The second-order valence-corrected chi connectivity index (χ2v) is 6.03. The van der Waals surface area contributed by atoms with Gasteiger partial charge in [-0.05, 0) is 25.0 Å². The fourth-order valence-corrected chi connectivity index (χ4v) is 3.06. The molecule has 0 spiro atoms. The highest BCUT2D eigenvalue weighted by Crippen LogP contribution is 2.28. The van der Waals surface area contributed by atoms with Crippen molar-refractivity contribution in [2.75, 3.05) is 6.54 Å². The van der Waals surface area contributed by atoms with Crippen LogP contribution >= 0.6 is 11.6 Å². The van der Waals surface area contributed by atoms with E-state index in [9.17, 15) is 9.90 Å². The summed E-state index contributed by atoms with van der Waals surface area (Å²) in [7, 11) is 0. The molecule has 5 heteroatoms. The SMILES string of the molecule is O=C(NCC1(O)CCCC1)c1cc(Cl)c2ccccc2n1. The first kappa shape index (κ1) is 14.3. The minimum absolute atomic E-state index is 0.262. The van der Waals surface area contributed by atoms with Crippen molar-refractivity contribution in [2.24, 2.45) is 0 Å². The number of halogens is 1. The Kier molecular flexibility index (Phi) is 3.83. The van der Waals surface area contributed by atoms with Gasteiger partial charge in [-0.1, -0.05) is 42.6 Å². The number of hydrogen-bond acceptors (Lipinski definition) is 3. The van der Waals surface area contributed by atoms with Crippen molar-refractivity contribution in [1.29, 1.82) is 0 Å². The van der Waals surface area contributed by atoms with Gasteiger partial charge in [0.1, 0.15) is 5.69 Å². The highest BCUT2D eigenvalue weighted by molar-refractivity contribution is 6.35. The van der Waals surface area contributed by atoms with Crippen LogP contribution in [0.2, 0.25) is 5.02 Å². The average Bonchev–Trinajstić information content (AvgIpc) is 2.92. The molecule has 1 aromatic carbocycles. The van der Waals surface area contributed by atoms with Crippen LogP contribution in [-0.2, 0) is 0 Å². The highest BCUT2D eigenvalue weighted by Gasteiger charge is 2.31. The van der Waals surface area contributed by atoms with E-state index in [4.69, 9.17) is 11.6 Å². The second kappa shape index (κ2) is 5.62. The first-order valence-corrected chi connectivity index (χ1v) is 7.51. The van der Waals surface area contributed by atoms with Gasteiger partial charge in [0.05, 0.1) is 16.1 Å². The van der Waals surface area contributed by atoms with E-state index in [0.717, 1.165) is 31.1 Å². The molecule has 0 aliphatic heterocycles. The Bertz CT molecular complexity index is 681. The van der Waals surface area contributed by atoms with Crippen LogP contribution in [0.15, 0.2) is 30.3 Å². The number of hydrogen-bond donors (Lipinski definition) is 2. The number of para-hydroxylation sites is 1. The molecule has 0 unspecified atom stereocenters. The summed E-state index contributed by atoms with van der Waals surface area (Å²) in [6.45, 7) is 0.262. The van der Waals surface area contributed by atoms with Gasteiger partial charge in [0.2, 0.25) is 0 Å². The number of nitrogens with zero attached hydrogens (tertiary/aromatic N) is 1. The second-order valence-electron chi connectivity index (χ2n) is 5.62. The largest absolute Gasteiger partial charge is 0.388 e. The maximum Gasteiger partial charge on any atom is 0.270 e. The number of pyridine rings is 1. The molecule has 110 valence electrons. The summed E-state index contributed by atoms with van der Waals surface area (Å²) < 4.78 is 0. The molecule has 1 amide bonds. The molecule has 2 N–H and O–H groups in total. The standard InChI is InChI=1S/C16H17ClN2O2/c17-12-9-14(19-13-6-2-1-5-11(12)13)15(20)18-10-16(21)7-3-4-8-16/h1-2,5-6,9,21H,3-4,7-8,10H2,(H,18,20). The third kappa shape index (κ3) is 3.01. The predicted molar refractivity (Wildman–Crippen MR) is 82.5 cm³/mol. The lowest BCUT2D eigenvalue weighted by atomic mass is 10.0. The number of nitrogens with one attached hydrogen (secondary N) is 1. The summed E-state index contributed by atoms with van der Waals surface area (Å²) in [6, 6.07) is 8.99. The molecule has 3 rings (SSSR count). The Labute approximate surface area is 128 Å². The number of carbonyl (C=O) groups excluding carboxylic acids is 1. The van der Waals surface area contributed by atoms with Crippen LogP contribution in [0.5, 0.6) is 0 Å². The van der Waals surface area contributed by atoms with Crippen molar-refractivity contribution < 1.29 is 9.90 Å². The van der Waals surface area contributed by atoms with Crippen LogP contribution in [0.25, 0.3) is 10.9 Å². The van der Waals surface area contributed by atoms with E-state index in [1.807, 2.05) is 24.3 Å². The van der Waals surface area contributed by atoms with Crippen molar-refractivity contribution in [3.8, 4) is 0 Å². The third-order valence-corrected chi connectivity index (χ3v) is 4.32. The van der Waals surface area contributed by atoms with Crippen molar-refractivity contribution >= 4 is 28.4 Å². The van der Waals surface area contributed by atoms with E-state index in [1.165, 1.54) is 0 Å². The lowest BCUT2D eigenvalue weighted by Gasteiger charge is -2.22. The molecule has 0 radical (unpaired) electrons. The smallest absolute Gasteiger partial charge is 0.270 e. The van der Waals surface area contributed by atoms with Gasteiger partial charge in [-0.3, -0.25) is 4.79 Å². The maximum absolute atomic E-state index is 12.2. The van der Waals surface area contributed by atoms with Gasteiger partial charge in [0.25, 0.3) is 5.91 Å². The number of amides is 1. The van der Waals surface area contributed by atoms with E-state index in [2.05, 4.69) is 10.3 Å². The molecular formula is C16H17ClN2O2. The van der Waals surface area contributed by atoms with Crippen LogP contribution in [0, 0.1) is 0 Å². The molecule has 21 heavy (non-hydrogen) atoms. The van der Waals surface area contributed by atoms with Crippen molar-refractivity contribution in [3.63, 3.8) is 0 Å². The molecule has 1 aliphatic carbocycles. The molecule has 1 aliphatic rings. The molecule has 0 saturated heterocycles. The monoisotopic (exact) mass is 304 g/mol. The Morgan fingerprint density at radius 1 is 1.33 bits per heavy atom. The van der Waals surface area contributed by atoms with E-state index in [-0.39, 0.29) is 18.1 Å². The van der Waals surface area contributed by atoms with Gasteiger partial charge in [-0.15, -0.1) is 0 Å². The third-order valence-electron chi connectivity index (χ3n) is 4.01. The zero-order chi connectivity index (χ0) is 14.9. The Morgan fingerprint density at radius 3 is 2.81 bits per heavy atom. The quantitative estimate of drug-likeness (QED) is 0.916. The zero-order valence-electron chi connectivity index (χ0n) is 11.6. The number of aromatic nitrogens is 1. The summed E-state index contributed by atoms with van der Waals surface area (Å²) >= 11 is 6.19.